The highest BCUT2D eigenvalue weighted by molar-refractivity contribution is 7.99. The highest BCUT2D eigenvalue weighted by atomic mass is 35.5. The molecule has 1 aliphatic heterocycles. The zero-order valence-electron chi connectivity index (χ0n) is 9.74. The van der Waals surface area contributed by atoms with E-state index in [-0.39, 0.29) is 12.4 Å². The summed E-state index contributed by atoms with van der Waals surface area (Å²) in [6, 6.07) is 0. The largest absolute Gasteiger partial charge is 0.293 e. The molecule has 0 N–H and O–H groups in total. The number of halogens is 1. The molecule has 1 heterocycles. The van der Waals surface area contributed by atoms with Crippen molar-refractivity contribution in [2.75, 3.05) is 36.2 Å². The van der Waals surface area contributed by atoms with Crippen molar-refractivity contribution < 1.29 is 0 Å². The summed E-state index contributed by atoms with van der Waals surface area (Å²) in [5.41, 5.74) is 0. The van der Waals surface area contributed by atoms with Crippen LogP contribution in [-0.4, -0.2) is 41.1 Å². The molecule has 1 nitrogen and oxygen atoms in total. The van der Waals surface area contributed by atoms with Gasteiger partial charge in [-0.2, -0.15) is 11.8 Å². The molecule has 0 amide bonds. The zero-order valence-corrected chi connectivity index (χ0v) is 12.2. The van der Waals surface area contributed by atoms with Crippen molar-refractivity contribution in [2.45, 2.75) is 32.6 Å². The summed E-state index contributed by atoms with van der Waals surface area (Å²) in [5, 5.41) is 0. The number of unbranched alkanes of at least 4 members (excludes halogenated alkanes) is 2. The van der Waals surface area contributed by atoms with E-state index < -0.39 is 0 Å². The number of rotatable bonds is 8. The average Bonchev–Trinajstić information content (AvgIpc) is 2.69. The minimum Gasteiger partial charge on any atom is -0.293 e. The van der Waals surface area contributed by atoms with Crippen LogP contribution < -0.4 is 0 Å². The maximum Gasteiger partial charge on any atom is 0.0445 e. The fraction of sp³-hybridized carbons (Fsp3) is 1.00. The Morgan fingerprint density at radius 3 is 2.73 bits per heavy atom. The summed E-state index contributed by atoms with van der Waals surface area (Å²) in [6.45, 7) is 4.93. The molecule has 15 heavy (non-hydrogen) atoms. The molecule has 0 saturated carbocycles. The van der Waals surface area contributed by atoms with Crippen LogP contribution >= 0.6 is 35.9 Å². The Morgan fingerprint density at radius 1 is 1.20 bits per heavy atom. The minimum atomic E-state index is 0. The summed E-state index contributed by atoms with van der Waals surface area (Å²) in [7, 11) is 0. The topological polar surface area (TPSA) is 3.24 Å². The second-order valence-electron chi connectivity index (χ2n) is 3.83. The van der Waals surface area contributed by atoms with E-state index >= 15 is 0 Å². The van der Waals surface area contributed by atoms with Gasteiger partial charge >= 0.3 is 0 Å². The number of hydrogen-bond acceptors (Lipinski definition) is 3. The summed E-state index contributed by atoms with van der Waals surface area (Å²) in [6.07, 6.45) is 5.59. The van der Waals surface area contributed by atoms with E-state index in [4.69, 9.17) is 0 Å². The fourth-order valence-electron chi connectivity index (χ4n) is 1.59. The Morgan fingerprint density at radius 2 is 2.07 bits per heavy atom. The monoisotopic (exact) mass is 269 g/mol. The molecule has 1 aliphatic rings. The van der Waals surface area contributed by atoms with Gasteiger partial charge in [-0.15, -0.1) is 24.2 Å². The number of thioether (sulfide) groups is 2. The first-order valence-electron chi connectivity index (χ1n) is 5.81. The summed E-state index contributed by atoms with van der Waals surface area (Å²) in [5.74, 6) is 5.36. The molecule has 0 spiro atoms. The molecule has 92 valence electrons. The van der Waals surface area contributed by atoms with Crippen LogP contribution in [0.4, 0.5) is 0 Å². The first kappa shape index (κ1) is 16.0. The van der Waals surface area contributed by atoms with Gasteiger partial charge in [-0.3, -0.25) is 4.90 Å². The van der Waals surface area contributed by atoms with Gasteiger partial charge in [0, 0.05) is 18.2 Å². The molecular formula is C11H24ClNS2. The average molecular weight is 270 g/mol. The maximum atomic E-state index is 2.59. The Kier molecular flexibility index (Phi) is 12.2. The number of hydrogen-bond donors (Lipinski definition) is 0. The van der Waals surface area contributed by atoms with Crippen molar-refractivity contribution >= 4 is 35.9 Å². The van der Waals surface area contributed by atoms with Gasteiger partial charge in [0.25, 0.3) is 0 Å². The van der Waals surface area contributed by atoms with Gasteiger partial charge in [-0.1, -0.05) is 13.3 Å². The summed E-state index contributed by atoms with van der Waals surface area (Å²) in [4.78, 5) is 2.59. The molecule has 0 radical (unpaired) electrons. The van der Waals surface area contributed by atoms with Gasteiger partial charge in [0.2, 0.25) is 0 Å². The quantitative estimate of drug-likeness (QED) is 0.618. The van der Waals surface area contributed by atoms with Crippen molar-refractivity contribution in [1.29, 1.82) is 0 Å². The molecular weight excluding hydrogens is 246 g/mol. The van der Waals surface area contributed by atoms with Gasteiger partial charge in [-0.05, 0) is 37.3 Å². The van der Waals surface area contributed by atoms with Crippen molar-refractivity contribution in [3.8, 4) is 0 Å². The van der Waals surface area contributed by atoms with E-state index in [2.05, 4.69) is 35.3 Å². The third-order valence-electron chi connectivity index (χ3n) is 2.44. The SMILES string of the molecule is CCCSCCCCCN1CCSC1.Cl. The van der Waals surface area contributed by atoms with Crippen LogP contribution in [0.25, 0.3) is 0 Å². The third-order valence-corrected chi connectivity index (χ3v) is 4.73. The van der Waals surface area contributed by atoms with Crippen molar-refractivity contribution in [3.05, 3.63) is 0 Å². The molecule has 0 aromatic rings. The van der Waals surface area contributed by atoms with Crippen LogP contribution in [0.5, 0.6) is 0 Å². The predicted molar refractivity (Wildman–Crippen MR) is 77.6 cm³/mol. The van der Waals surface area contributed by atoms with Gasteiger partial charge < -0.3 is 0 Å². The first-order valence-corrected chi connectivity index (χ1v) is 8.12. The van der Waals surface area contributed by atoms with Gasteiger partial charge in [0.1, 0.15) is 0 Å². The second-order valence-corrected chi connectivity index (χ2v) is 6.13. The lowest BCUT2D eigenvalue weighted by Crippen LogP contribution is -2.20. The standard InChI is InChI=1S/C11H23NS2.ClH/c1-2-8-13-9-5-3-4-6-12-7-10-14-11-12;/h2-11H2,1H3;1H. The lowest BCUT2D eigenvalue weighted by Gasteiger charge is -2.12. The fourth-order valence-corrected chi connectivity index (χ4v) is 3.52. The smallest absolute Gasteiger partial charge is 0.0445 e. The van der Waals surface area contributed by atoms with Gasteiger partial charge in [0.05, 0.1) is 0 Å². The third kappa shape index (κ3) is 8.73. The Labute approximate surface area is 110 Å². The van der Waals surface area contributed by atoms with E-state index in [1.165, 1.54) is 61.9 Å². The lowest BCUT2D eigenvalue weighted by atomic mass is 10.2. The molecule has 0 aromatic heterocycles. The van der Waals surface area contributed by atoms with Crippen LogP contribution in [0.15, 0.2) is 0 Å². The molecule has 1 rings (SSSR count). The van der Waals surface area contributed by atoms with Crippen molar-refractivity contribution in [3.63, 3.8) is 0 Å². The van der Waals surface area contributed by atoms with Crippen LogP contribution in [0, 0.1) is 0 Å². The second kappa shape index (κ2) is 11.4. The van der Waals surface area contributed by atoms with Crippen molar-refractivity contribution in [1.82, 2.24) is 4.90 Å². The first-order chi connectivity index (χ1) is 6.93. The maximum absolute atomic E-state index is 2.59. The van der Waals surface area contributed by atoms with E-state index in [9.17, 15) is 0 Å². The Bertz CT molecular complexity index is 130. The normalized spacial score (nSPS) is 16.6. The Balaban J connectivity index is 0.00000196. The lowest BCUT2D eigenvalue weighted by molar-refractivity contribution is 0.346. The summed E-state index contributed by atoms with van der Waals surface area (Å²) >= 11 is 4.20. The minimum absolute atomic E-state index is 0. The van der Waals surface area contributed by atoms with Gasteiger partial charge in [-0.25, -0.2) is 0 Å². The van der Waals surface area contributed by atoms with E-state index in [1.807, 2.05) is 0 Å². The molecule has 0 unspecified atom stereocenters. The molecule has 0 aliphatic carbocycles. The van der Waals surface area contributed by atoms with E-state index in [1.54, 1.807) is 0 Å². The highest BCUT2D eigenvalue weighted by Crippen LogP contribution is 2.14. The molecule has 1 saturated heterocycles. The van der Waals surface area contributed by atoms with Crippen LogP contribution in [-0.2, 0) is 0 Å². The Hall–Kier alpha value is 0.950. The molecule has 1 fully saturated rings. The van der Waals surface area contributed by atoms with Crippen molar-refractivity contribution in [2.24, 2.45) is 0 Å². The van der Waals surface area contributed by atoms with E-state index in [0.29, 0.717) is 0 Å². The van der Waals surface area contributed by atoms with Gasteiger partial charge in [0.15, 0.2) is 0 Å². The predicted octanol–water partition coefficient (Wildman–Crippen LogP) is 3.73. The molecule has 4 heteroatoms. The highest BCUT2D eigenvalue weighted by Gasteiger charge is 2.10. The van der Waals surface area contributed by atoms with E-state index in [0.717, 1.165) is 0 Å². The van der Waals surface area contributed by atoms with Crippen LogP contribution in [0.3, 0.4) is 0 Å². The van der Waals surface area contributed by atoms with Crippen LogP contribution in [0.1, 0.15) is 32.6 Å². The molecule has 0 aromatic carbocycles. The molecule has 0 bridgehead atoms. The van der Waals surface area contributed by atoms with Crippen LogP contribution in [0.2, 0.25) is 0 Å². The molecule has 0 atom stereocenters. The number of nitrogens with zero attached hydrogens (tertiary/aromatic N) is 1. The zero-order chi connectivity index (χ0) is 10.1. The summed E-state index contributed by atoms with van der Waals surface area (Å²) < 4.78 is 0.